The molecule has 0 radical (unpaired) electrons. The molecule has 0 aromatic carbocycles. The highest BCUT2D eigenvalue weighted by molar-refractivity contribution is 5.85. The van der Waals surface area contributed by atoms with Crippen molar-refractivity contribution in [1.29, 1.82) is 0 Å². The van der Waals surface area contributed by atoms with Crippen LogP contribution in [0.5, 0.6) is 0 Å². The van der Waals surface area contributed by atoms with Gasteiger partial charge in [0.2, 0.25) is 0 Å². The van der Waals surface area contributed by atoms with Crippen molar-refractivity contribution >= 4 is 18.5 Å². The molecule has 0 aliphatic carbocycles. The number of hydrogen-bond donors (Lipinski definition) is 1. The van der Waals surface area contributed by atoms with Crippen LogP contribution in [0.3, 0.4) is 0 Å². The Morgan fingerprint density at radius 1 is 1.35 bits per heavy atom. The minimum absolute atomic E-state index is 0. The molecule has 1 amide bonds. The SMILES string of the molecule is CC(C)(C)OC(=O)N1CCC[C@H]2NCC[C@H]21.Cl. The molecule has 2 heterocycles. The van der Waals surface area contributed by atoms with Crippen LogP contribution in [0.25, 0.3) is 0 Å². The van der Waals surface area contributed by atoms with Gasteiger partial charge in [0, 0.05) is 12.6 Å². The summed E-state index contributed by atoms with van der Waals surface area (Å²) in [4.78, 5) is 13.9. The molecule has 1 N–H and O–H groups in total. The standard InChI is InChI=1S/C12H22N2O2.ClH/c1-12(2,3)16-11(15)14-8-4-5-9-10(14)6-7-13-9;/h9-10,13H,4-8H2,1-3H3;1H/t9-,10-;/m1./s1. The van der Waals surface area contributed by atoms with Crippen LogP contribution in [0.2, 0.25) is 0 Å². The van der Waals surface area contributed by atoms with Gasteiger partial charge in [-0.15, -0.1) is 12.4 Å². The molecule has 2 aliphatic heterocycles. The lowest BCUT2D eigenvalue weighted by molar-refractivity contribution is 0.00884. The fourth-order valence-electron chi connectivity index (χ4n) is 2.62. The second-order valence-corrected chi connectivity index (χ2v) is 5.73. The Bertz CT molecular complexity index is 278. The average Bonchev–Trinajstić information content (AvgIpc) is 2.61. The summed E-state index contributed by atoms with van der Waals surface area (Å²) in [5.74, 6) is 0. The van der Waals surface area contributed by atoms with E-state index in [2.05, 4.69) is 5.32 Å². The third-order valence-electron chi connectivity index (χ3n) is 3.25. The van der Waals surface area contributed by atoms with Crippen molar-refractivity contribution in [3.8, 4) is 0 Å². The topological polar surface area (TPSA) is 41.6 Å². The number of carbonyl (C=O) groups excluding carboxylic acids is 1. The lowest BCUT2D eigenvalue weighted by Crippen LogP contribution is -2.52. The molecular weight excluding hydrogens is 240 g/mol. The van der Waals surface area contributed by atoms with Crippen LogP contribution in [-0.4, -0.2) is 41.8 Å². The first-order chi connectivity index (χ1) is 7.47. The molecule has 2 saturated heterocycles. The monoisotopic (exact) mass is 262 g/mol. The number of likely N-dealkylation sites (tertiary alicyclic amines) is 1. The molecule has 4 nitrogen and oxygen atoms in total. The summed E-state index contributed by atoms with van der Waals surface area (Å²) in [7, 11) is 0. The zero-order chi connectivity index (χ0) is 11.8. The Balaban J connectivity index is 0.00000144. The minimum Gasteiger partial charge on any atom is -0.444 e. The number of amides is 1. The molecule has 2 atom stereocenters. The number of nitrogens with one attached hydrogen (secondary N) is 1. The third-order valence-corrected chi connectivity index (χ3v) is 3.25. The maximum absolute atomic E-state index is 12.0. The highest BCUT2D eigenvalue weighted by Crippen LogP contribution is 2.25. The molecule has 2 rings (SSSR count). The van der Waals surface area contributed by atoms with Gasteiger partial charge in [-0.3, -0.25) is 0 Å². The smallest absolute Gasteiger partial charge is 0.410 e. The number of hydrogen-bond acceptors (Lipinski definition) is 3. The van der Waals surface area contributed by atoms with Crippen LogP contribution in [0.15, 0.2) is 0 Å². The summed E-state index contributed by atoms with van der Waals surface area (Å²) < 4.78 is 5.44. The van der Waals surface area contributed by atoms with Crippen molar-refractivity contribution in [3.05, 3.63) is 0 Å². The normalized spacial score (nSPS) is 28.3. The van der Waals surface area contributed by atoms with Gasteiger partial charge in [0.1, 0.15) is 5.60 Å². The van der Waals surface area contributed by atoms with E-state index in [0.29, 0.717) is 12.1 Å². The average molecular weight is 263 g/mol. The summed E-state index contributed by atoms with van der Waals surface area (Å²) in [6.07, 6.45) is 3.17. The molecule has 0 unspecified atom stereocenters. The first-order valence-electron chi connectivity index (χ1n) is 6.20. The van der Waals surface area contributed by atoms with Crippen molar-refractivity contribution in [3.63, 3.8) is 0 Å². The number of carbonyl (C=O) groups is 1. The Kier molecular flexibility index (Phi) is 4.67. The summed E-state index contributed by atoms with van der Waals surface area (Å²) in [5, 5.41) is 3.46. The first kappa shape index (κ1) is 14.6. The van der Waals surface area contributed by atoms with Crippen LogP contribution in [0.4, 0.5) is 4.79 Å². The van der Waals surface area contributed by atoms with E-state index < -0.39 is 5.60 Å². The van der Waals surface area contributed by atoms with Crippen molar-refractivity contribution in [2.24, 2.45) is 0 Å². The second kappa shape index (κ2) is 5.44. The molecule has 5 heteroatoms. The fraction of sp³-hybridized carbons (Fsp3) is 0.917. The predicted molar refractivity (Wildman–Crippen MR) is 69.6 cm³/mol. The van der Waals surface area contributed by atoms with Crippen LogP contribution < -0.4 is 5.32 Å². The Morgan fingerprint density at radius 3 is 2.71 bits per heavy atom. The van der Waals surface area contributed by atoms with Gasteiger partial charge in [0.25, 0.3) is 0 Å². The van der Waals surface area contributed by atoms with E-state index in [1.807, 2.05) is 25.7 Å². The lowest BCUT2D eigenvalue weighted by atomic mass is 9.98. The van der Waals surface area contributed by atoms with Crippen LogP contribution in [0.1, 0.15) is 40.0 Å². The van der Waals surface area contributed by atoms with Gasteiger partial charge in [-0.05, 0) is 46.6 Å². The highest BCUT2D eigenvalue weighted by atomic mass is 35.5. The van der Waals surface area contributed by atoms with Crippen molar-refractivity contribution < 1.29 is 9.53 Å². The van der Waals surface area contributed by atoms with Crippen molar-refractivity contribution in [2.45, 2.75) is 57.7 Å². The van der Waals surface area contributed by atoms with Gasteiger partial charge in [-0.2, -0.15) is 0 Å². The van der Waals surface area contributed by atoms with Gasteiger partial charge in [-0.1, -0.05) is 0 Å². The second-order valence-electron chi connectivity index (χ2n) is 5.73. The number of piperidine rings is 1. The molecule has 0 saturated carbocycles. The molecule has 0 spiro atoms. The molecule has 17 heavy (non-hydrogen) atoms. The zero-order valence-corrected chi connectivity index (χ0v) is 11.7. The maximum Gasteiger partial charge on any atom is 0.410 e. The number of fused-ring (bicyclic) bond motifs is 1. The maximum atomic E-state index is 12.0. The summed E-state index contributed by atoms with van der Waals surface area (Å²) >= 11 is 0. The molecule has 2 aliphatic rings. The number of nitrogens with zero attached hydrogens (tertiary/aromatic N) is 1. The number of rotatable bonds is 0. The Morgan fingerprint density at radius 2 is 2.06 bits per heavy atom. The van der Waals surface area contributed by atoms with Gasteiger partial charge in [0.05, 0.1) is 6.04 Å². The largest absolute Gasteiger partial charge is 0.444 e. The Hall–Kier alpha value is -0.480. The molecule has 100 valence electrons. The predicted octanol–water partition coefficient (Wildman–Crippen LogP) is 2.17. The molecule has 0 aromatic rings. The van der Waals surface area contributed by atoms with Crippen molar-refractivity contribution in [1.82, 2.24) is 10.2 Å². The quantitative estimate of drug-likeness (QED) is 0.728. The molecule has 0 aromatic heterocycles. The van der Waals surface area contributed by atoms with Gasteiger partial charge in [0.15, 0.2) is 0 Å². The third kappa shape index (κ3) is 3.49. The number of halogens is 1. The first-order valence-corrected chi connectivity index (χ1v) is 6.20. The lowest BCUT2D eigenvalue weighted by Gasteiger charge is -2.38. The van der Waals surface area contributed by atoms with Crippen LogP contribution >= 0.6 is 12.4 Å². The fourth-order valence-corrected chi connectivity index (χ4v) is 2.62. The van der Waals surface area contributed by atoms with E-state index in [0.717, 1.165) is 25.9 Å². The molecular formula is C12H23ClN2O2. The Labute approximate surface area is 109 Å². The number of ether oxygens (including phenoxy) is 1. The summed E-state index contributed by atoms with van der Waals surface area (Å²) in [6, 6.07) is 0.838. The van der Waals surface area contributed by atoms with Crippen molar-refractivity contribution in [2.75, 3.05) is 13.1 Å². The molecule has 0 bridgehead atoms. The van der Waals surface area contributed by atoms with E-state index in [-0.39, 0.29) is 18.5 Å². The van der Waals surface area contributed by atoms with E-state index in [1.165, 1.54) is 6.42 Å². The van der Waals surface area contributed by atoms with Crippen LogP contribution in [0, 0.1) is 0 Å². The van der Waals surface area contributed by atoms with Gasteiger partial charge in [-0.25, -0.2) is 4.79 Å². The summed E-state index contributed by atoms with van der Waals surface area (Å²) in [5.41, 5.74) is -0.393. The summed E-state index contributed by atoms with van der Waals surface area (Å²) in [6.45, 7) is 7.62. The van der Waals surface area contributed by atoms with E-state index >= 15 is 0 Å². The zero-order valence-electron chi connectivity index (χ0n) is 10.9. The van der Waals surface area contributed by atoms with Crippen LogP contribution in [-0.2, 0) is 4.74 Å². The van der Waals surface area contributed by atoms with Gasteiger partial charge >= 0.3 is 6.09 Å². The van der Waals surface area contributed by atoms with E-state index in [1.54, 1.807) is 0 Å². The highest BCUT2D eigenvalue weighted by Gasteiger charge is 2.38. The minimum atomic E-state index is -0.393. The van der Waals surface area contributed by atoms with E-state index in [4.69, 9.17) is 4.74 Å². The van der Waals surface area contributed by atoms with E-state index in [9.17, 15) is 4.79 Å². The molecule has 2 fully saturated rings. The van der Waals surface area contributed by atoms with Gasteiger partial charge < -0.3 is 15.0 Å².